The van der Waals surface area contributed by atoms with Crippen molar-refractivity contribution in [2.75, 3.05) is 5.32 Å². The van der Waals surface area contributed by atoms with Crippen LogP contribution in [0.1, 0.15) is 10.4 Å². The summed E-state index contributed by atoms with van der Waals surface area (Å²) in [6.07, 6.45) is 1.31. The summed E-state index contributed by atoms with van der Waals surface area (Å²) >= 11 is 3.87. The molecule has 0 bridgehead atoms. The number of nitrogens with one attached hydrogen (secondary N) is 1. The molecule has 9 heteroatoms. The number of nitrogens with zero attached hydrogens (tertiary/aromatic N) is 1. The zero-order valence-electron chi connectivity index (χ0n) is 9.92. The molecule has 108 valence electrons. The third-order valence-corrected chi connectivity index (χ3v) is 4.14. The molecule has 0 aliphatic heterocycles. The van der Waals surface area contributed by atoms with Gasteiger partial charge >= 0.3 is 0 Å². The van der Waals surface area contributed by atoms with Crippen LogP contribution in [0.15, 0.2) is 27.5 Å². The molecule has 21 heavy (non-hydrogen) atoms. The van der Waals surface area contributed by atoms with Crippen molar-refractivity contribution in [1.82, 2.24) is 4.98 Å². The molecule has 0 aliphatic carbocycles. The predicted octanol–water partition coefficient (Wildman–Crippen LogP) is 4.32. The Morgan fingerprint density at radius 1 is 1.33 bits per heavy atom. The number of fused-ring (bicyclic) bond motifs is 1. The quantitative estimate of drug-likeness (QED) is 0.677. The average Bonchev–Trinajstić information content (AvgIpc) is 3.02. The summed E-state index contributed by atoms with van der Waals surface area (Å²) < 4.78 is 45.0. The highest BCUT2D eigenvalue weighted by Gasteiger charge is 2.19. The first-order chi connectivity index (χ1) is 9.97. The van der Waals surface area contributed by atoms with Crippen LogP contribution in [0, 0.1) is 17.5 Å². The lowest BCUT2D eigenvalue weighted by molar-refractivity contribution is 0.102. The van der Waals surface area contributed by atoms with Gasteiger partial charge in [-0.05, 0) is 28.1 Å². The molecule has 1 N–H and O–H groups in total. The number of thiazole rings is 1. The fraction of sp³-hybridized carbons (Fsp3) is 0. The summed E-state index contributed by atoms with van der Waals surface area (Å²) in [4.78, 5) is 15.7. The number of amides is 1. The topological polar surface area (TPSA) is 55.1 Å². The molecule has 0 fully saturated rings. The number of carbonyl (C=O) groups is 1. The summed E-state index contributed by atoms with van der Waals surface area (Å²) in [6, 6.07) is 2.25. The maximum absolute atomic E-state index is 13.5. The van der Waals surface area contributed by atoms with E-state index in [1.807, 2.05) is 0 Å². The summed E-state index contributed by atoms with van der Waals surface area (Å²) in [7, 11) is 0. The fourth-order valence-corrected chi connectivity index (χ4v) is 2.95. The lowest BCUT2D eigenvalue weighted by Gasteiger charge is -1.98. The molecule has 0 radical (unpaired) electrons. The summed E-state index contributed by atoms with van der Waals surface area (Å²) in [6.45, 7) is 0. The minimum absolute atomic E-state index is 0.0204. The van der Waals surface area contributed by atoms with Crippen LogP contribution in [0.4, 0.5) is 18.3 Å². The van der Waals surface area contributed by atoms with E-state index in [-0.39, 0.29) is 25.6 Å². The van der Waals surface area contributed by atoms with Crippen molar-refractivity contribution in [3.8, 4) is 0 Å². The van der Waals surface area contributed by atoms with Gasteiger partial charge in [0.05, 0.1) is 16.5 Å². The number of furan rings is 1. The maximum Gasteiger partial charge on any atom is 0.261 e. The zero-order chi connectivity index (χ0) is 15.1. The van der Waals surface area contributed by atoms with Crippen molar-refractivity contribution in [2.24, 2.45) is 0 Å². The van der Waals surface area contributed by atoms with E-state index >= 15 is 0 Å². The fourth-order valence-electron chi connectivity index (χ4n) is 1.65. The molecule has 3 aromatic rings. The number of hydrogen-bond acceptors (Lipinski definition) is 4. The molecule has 0 unspecified atom stereocenters. The Bertz CT molecular complexity index is 862. The molecule has 1 amide bonds. The van der Waals surface area contributed by atoms with E-state index in [0.717, 1.165) is 17.4 Å². The van der Waals surface area contributed by atoms with Crippen molar-refractivity contribution < 1.29 is 22.4 Å². The molecule has 3 rings (SSSR count). The summed E-state index contributed by atoms with van der Waals surface area (Å²) in [5.74, 6) is -4.83. The molecule has 0 atom stereocenters. The van der Waals surface area contributed by atoms with Crippen molar-refractivity contribution in [3.63, 3.8) is 0 Å². The van der Waals surface area contributed by atoms with Crippen molar-refractivity contribution in [1.29, 1.82) is 0 Å². The van der Waals surface area contributed by atoms with Crippen LogP contribution in [0.25, 0.3) is 10.2 Å². The van der Waals surface area contributed by atoms with E-state index < -0.39 is 23.4 Å². The second-order valence-electron chi connectivity index (χ2n) is 3.91. The third kappa shape index (κ3) is 2.42. The number of halogens is 4. The number of aromatic nitrogens is 1. The van der Waals surface area contributed by atoms with Gasteiger partial charge in [-0.15, -0.1) is 0 Å². The van der Waals surface area contributed by atoms with Crippen molar-refractivity contribution in [3.05, 3.63) is 46.1 Å². The number of rotatable bonds is 2. The van der Waals surface area contributed by atoms with Gasteiger partial charge in [0, 0.05) is 0 Å². The number of hydrogen-bond donors (Lipinski definition) is 1. The van der Waals surface area contributed by atoms with E-state index in [4.69, 9.17) is 4.42 Å². The molecule has 1 aromatic carbocycles. The van der Waals surface area contributed by atoms with E-state index in [1.165, 1.54) is 12.3 Å². The van der Waals surface area contributed by atoms with E-state index in [2.05, 4.69) is 26.2 Å². The third-order valence-electron chi connectivity index (χ3n) is 2.60. The molecule has 2 heterocycles. The monoisotopic (exact) mass is 376 g/mol. The normalized spacial score (nSPS) is 11.0. The second kappa shape index (κ2) is 5.15. The molecular weight excluding hydrogens is 373 g/mol. The standard InChI is InChI=1S/C12H4BrF3N2O2S/c13-10-4(1-2-20-10)11(19)18-12-17-9-6(21-12)3-5(14)7(15)8(9)16/h1-3H,(H,17,18,19). The molecule has 0 aliphatic rings. The first kappa shape index (κ1) is 14.1. The highest BCUT2D eigenvalue weighted by Crippen LogP contribution is 2.31. The van der Waals surface area contributed by atoms with Crippen molar-refractivity contribution in [2.45, 2.75) is 0 Å². The van der Waals surface area contributed by atoms with Gasteiger partial charge in [-0.3, -0.25) is 10.1 Å². The lowest BCUT2D eigenvalue weighted by atomic mass is 10.3. The van der Waals surface area contributed by atoms with Gasteiger partial charge in [0.1, 0.15) is 5.52 Å². The highest BCUT2D eigenvalue weighted by atomic mass is 79.9. The Morgan fingerprint density at radius 2 is 2.10 bits per heavy atom. The van der Waals surface area contributed by atoms with Gasteiger partial charge < -0.3 is 4.42 Å². The van der Waals surface area contributed by atoms with Crippen LogP contribution in [-0.4, -0.2) is 10.9 Å². The van der Waals surface area contributed by atoms with Gasteiger partial charge in [0.25, 0.3) is 5.91 Å². The molecule has 2 aromatic heterocycles. The Balaban J connectivity index is 1.97. The molecule has 0 saturated carbocycles. The van der Waals surface area contributed by atoms with Crippen LogP contribution in [-0.2, 0) is 0 Å². The predicted molar refractivity (Wildman–Crippen MR) is 73.9 cm³/mol. The van der Waals surface area contributed by atoms with Gasteiger partial charge in [0.15, 0.2) is 27.3 Å². The van der Waals surface area contributed by atoms with Crippen LogP contribution in [0.3, 0.4) is 0 Å². The first-order valence-corrected chi connectivity index (χ1v) is 7.06. The zero-order valence-corrected chi connectivity index (χ0v) is 12.3. The van der Waals surface area contributed by atoms with E-state index in [0.29, 0.717) is 0 Å². The van der Waals surface area contributed by atoms with E-state index in [1.54, 1.807) is 0 Å². The minimum atomic E-state index is -1.59. The van der Waals surface area contributed by atoms with Gasteiger partial charge in [-0.25, -0.2) is 18.2 Å². The van der Waals surface area contributed by atoms with Crippen LogP contribution < -0.4 is 5.32 Å². The average molecular weight is 377 g/mol. The maximum atomic E-state index is 13.5. The van der Waals surface area contributed by atoms with E-state index in [9.17, 15) is 18.0 Å². The summed E-state index contributed by atoms with van der Waals surface area (Å²) in [5.41, 5.74) is -0.118. The Morgan fingerprint density at radius 3 is 2.76 bits per heavy atom. The molecular formula is C12H4BrF3N2O2S. The molecule has 0 spiro atoms. The first-order valence-electron chi connectivity index (χ1n) is 5.45. The Labute approximate surface area is 127 Å². The largest absolute Gasteiger partial charge is 0.457 e. The lowest BCUT2D eigenvalue weighted by Crippen LogP contribution is -2.11. The highest BCUT2D eigenvalue weighted by molar-refractivity contribution is 9.10. The Hall–Kier alpha value is -1.87. The summed E-state index contributed by atoms with van der Waals surface area (Å²) in [5, 5.41) is 2.43. The van der Waals surface area contributed by atoms with Gasteiger partial charge in [-0.1, -0.05) is 11.3 Å². The van der Waals surface area contributed by atoms with Crippen LogP contribution >= 0.6 is 27.3 Å². The van der Waals surface area contributed by atoms with Crippen LogP contribution in [0.5, 0.6) is 0 Å². The van der Waals surface area contributed by atoms with Crippen LogP contribution in [0.2, 0.25) is 0 Å². The van der Waals surface area contributed by atoms with Gasteiger partial charge in [0.2, 0.25) is 0 Å². The van der Waals surface area contributed by atoms with Crippen molar-refractivity contribution >= 4 is 48.5 Å². The minimum Gasteiger partial charge on any atom is -0.457 e. The SMILES string of the molecule is O=C(Nc1nc2c(F)c(F)c(F)cc2s1)c1ccoc1Br. The number of carbonyl (C=O) groups excluding carboxylic acids is 1. The number of benzene rings is 1. The molecule has 0 saturated heterocycles. The Kier molecular flexibility index (Phi) is 3.46. The van der Waals surface area contributed by atoms with Gasteiger partial charge in [-0.2, -0.15) is 0 Å². The second-order valence-corrected chi connectivity index (χ2v) is 5.67. The molecule has 4 nitrogen and oxygen atoms in total. The smallest absolute Gasteiger partial charge is 0.261 e. The number of anilines is 1.